The number of Topliss-reactive ketones (excluding diaryl/α,β-unsaturated/α-hetero) is 1. The fourth-order valence-electron chi connectivity index (χ4n) is 3.64. The van der Waals surface area contributed by atoms with Gasteiger partial charge in [0.15, 0.2) is 17.3 Å². The van der Waals surface area contributed by atoms with E-state index < -0.39 is 12.1 Å². The smallest absolute Gasteiger partial charge is 0.352 e. The molecule has 0 aromatic heterocycles. The third kappa shape index (κ3) is 4.59. The van der Waals surface area contributed by atoms with Crippen molar-refractivity contribution in [1.82, 2.24) is 0 Å². The zero-order valence-electron chi connectivity index (χ0n) is 19.1. The molecule has 0 N–H and O–H groups in total. The maximum atomic E-state index is 12.9. The molecule has 0 saturated heterocycles. The first-order valence-corrected chi connectivity index (χ1v) is 10.7. The van der Waals surface area contributed by atoms with E-state index >= 15 is 0 Å². The zero-order chi connectivity index (χ0) is 24.1. The van der Waals surface area contributed by atoms with E-state index in [9.17, 15) is 9.59 Å². The van der Waals surface area contributed by atoms with Crippen LogP contribution in [-0.2, 0) is 9.53 Å². The van der Waals surface area contributed by atoms with E-state index in [0.717, 1.165) is 0 Å². The molecular weight excluding hydrogens is 436 g/mol. The minimum Gasteiger partial charge on any atom is -0.493 e. The van der Waals surface area contributed by atoms with Gasteiger partial charge in [-0.15, -0.1) is 0 Å². The van der Waals surface area contributed by atoms with Crippen LogP contribution in [0.1, 0.15) is 34.5 Å². The normalized spacial score (nSPS) is 14.2. The Hall–Kier alpha value is -4.26. The van der Waals surface area contributed by atoms with Gasteiger partial charge in [0, 0.05) is 17.2 Å². The Morgan fingerprint density at radius 3 is 2.50 bits per heavy atom. The van der Waals surface area contributed by atoms with Crippen LogP contribution in [0.5, 0.6) is 23.0 Å². The lowest BCUT2D eigenvalue weighted by atomic mass is 10.1. The van der Waals surface area contributed by atoms with Crippen LogP contribution in [0.3, 0.4) is 0 Å². The van der Waals surface area contributed by atoms with E-state index in [0.29, 0.717) is 39.7 Å². The number of allylic oxidation sites excluding steroid dienone is 1. The highest BCUT2D eigenvalue weighted by molar-refractivity contribution is 6.14. The predicted molar refractivity (Wildman–Crippen MR) is 125 cm³/mol. The number of rotatable bonds is 8. The van der Waals surface area contributed by atoms with Gasteiger partial charge in [0.2, 0.25) is 11.9 Å². The maximum absolute atomic E-state index is 12.9. The van der Waals surface area contributed by atoms with Gasteiger partial charge in [-0.2, -0.15) is 0 Å². The van der Waals surface area contributed by atoms with Gasteiger partial charge < -0.3 is 23.7 Å². The molecule has 0 spiro atoms. The molecule has 1 atom stereocenters. The number of ketones is 1. The lowest BCUT2D eigenvalue weighted by Gasteiger charge is -2.18. The van der Waals surface area contributed by atoms with Crippen LogP contribution in [-0.4, -0.2) is 32.6 Å². The maximum Gasteiger partial charge on any atom is 0.352 e. The number of para-hydroxylation sites is 1. The summed E-state index contributed by atoms with van der Waals surface area (Å²) in [7, 11) is 3.07. The van der Waals surface area contributed by atoms with Crippen LogP contribution >= 0.6 is 0 Å². The molecule has 3 aromatic carbocycles. The SMILES string of the molecule is CCOC(=O)[C@@H](Oc1ccc2c(c1)OC(=Cc1cccc(OC)c1OC)C2=O)c1ccccc1. The molecule has 1 heterocycles. The Morgan fingerprint density at radius 1 is 1.00 bits per heavy atom. The van der Waals surface area contributed by atoms with Crippen molar-refractivity contribution in [2.24, 2.45) is 0 Å². The lowest BCUT2D eigenvalue weighted by molar-refractivity contribution is -0.151. The largest absolute Gasteiger partial charge is 0.493 e. The molecule has 34 heavy (non-hydrogen) atoms. The van der Waals surface area contributed by atoms with Crippen molar-refractivity contribution in [3.63, 3.8) is 0 Å². The van der Waals surface area contributed by atoms with Crippen LogP contribution in [0.15, 0.2) is 72.5 Å². The lowest BCUT2D eigenvalue weighted by Crippen LogP contribution is -2.21. The van der Waals surface area contributed by atoms with Gasteiger partial charge in [0.25, 0.3) is 0 Å². The second kappa shape index (κ2) is 10.1. The summed E-state index contributed by atoms with van der Waals surface area (Å²) in [5, 5.41) is 0. The molecule has 0 saturated carbocycles. The van der Waals surface area contributed by atoms with E-state index in [1.807, 2.05) is 18.2 Å². The second-order valence-corrected chi connectivity index (χ2v) is 7.34. The summed E-state index contributed by atoms with van der Waals surface area (Å²) < 4.78 is 27.8. The van der Waals surface area contributed by atoms with Gasteiger partial charge in [-0.1, -0.05) is 42.5 Å². The molecule has 1 aliphatic rings. The van der Waals surface area contributed by atoms with Gasteiger partial charge in [-0.3, -0.25) is 4.79 Å². The van der Waals surface area contributed by atoms with Gasteiger partial charge in [0.05, 0.1) is 26.4 Å². The Balaban J connectivity index is 1.61. The summed E-state index contributed by atoms with van der Waals surface area (Å²) in [6, 6.07) is 19.3. The average Bonchev–Trinajstić information content (AvgIpc) is 3.17. The number of fused-ring (bicyclic) bond motifs is 1. The Bertz CT molecular complexity index is 1230. The fourth-order valence-corrected chi connectivity index (χ4v) is 3.64. The highest BCUT2D eigenvalue weighted by atomic mass is 16.6. The molecule has 3 aromatic rings. The molecular formula is C27H24O7. The van der Waals surface area contributed by atoms with Gasteiger partial charge in [-0.05, 0) is 31.2 Å². The minimum absolute atomic E-state index is 0.142. The standard InChI is InChI=1S/C27H24O7/c1-4-32-27(29)26(17-9-6-5-7-10-17)33-19-13-14-20-22(16-19)34-23(24(20)28)15-18-11-8-12-21(30-2)25(18)31-3/h5-16,26H,4H2,1-3H3/t26-/m0/s1. The predicted octanol–water partition coefficient (Wildman–Crippen LogP) is 5.00. The minimum atomic E-state index is -0.952. The van der Waals surface area contributed by atoms with Crippen LogP contribution in [0.4, 0.5) is 0 Å². The van der Waals surface area contributed by atoms with Crippen molar-refractivity contribution < 1.29 is 33.3 Å². The zero-order valence-corrected chi connectivity index (χ0v) is 19.1. The number of methoxy groups -OCH3 is 2. The first kappa shape index (κ1) is 22.9. The molecule has 1 aliphatic heterocycles. The van der Waals surface area contributed by atoms with Gasteiger partial charge in [-0.25, -0.2) is 4.79 Å². The molecule has 4 rings (SSSR count). The van der Waals surface area contributed by atoms with Crippen molar-refractivity contribution in [2.75, 3.05) is 20.8 Å². The van der Waals surface area contributed by atoms with Crippen molar-refractivity contribution in [2.45, 2.75) is 13.0 Å². The van der Waals surface area contributed by atoms with Crippen molar-refractivity contribution in [3.8, 4) is 23.0 Å². The summed E-state index contributed by atoms with van der Waals surface area (Å²) in [5.74, 6) is 1.12. The third-order valence-corrected chi connectivity index (χ3v) is 5.22. The van der Waals surface area contributed by atoms with E-state index in [1.54, 1.807) is 68.6 Å². The van der Waals surface area contributed by atoms with Crippen LogP contribution in [0.25, 0.3) is 6.08 Å². The summed E-state index contributed by atoms with van der Waals surface area (Å²) >= 11 is 0. The van der Waals surface area contributed by atoms with Crippen molar-refractivity contribution >= 4 is 17.8 Å². The topological polar surface area (TPSA) is 80.3 Å². The Kier molecular flexibility index (Phi) is 6.82. The average molecular weight is 460 g/mol. The molecule has 0 amide bonds. The van der Waals surface area contributed by atoms with Crippen LogP contribution < -0.4 is 18.9 Å². The van der Waals surface area contributed by atoms with E-state index in [2.05, 4.69) is 0 Å². The first-order valence-electron chi connectivity index (χ1n) is 10.7. The summed E-state index contributed by atoms with van der Waals surface area (Å²) in [6.07, 6.45) is 0.655. The molecule has 0 unspecified atom stereocenters. The van der Waals surface area contributed by atoms with Gasteiger partial charge in [0.1, 0.15) is 11.5 Å². The van der Waals surface area contributed by atoms with Crippen LogP contribution in [0.2, 0.25) is 0 Å². The summed E-state index contributed by atoms with van der Waals surface area (Å²) in [4.78, 5) is 25.5. The monoisotopic (exact) mass is 460 g/mol. The molecule has 0 bridgehead atoms. The molecule has 7 heteroatoms. The van der Waals surface area contributed by atoms with E-state index in [1.165, 1.54) is 7.11 Å². The third-order valence-electron chi connectivity index (χ3n) is 5.22. The summed E-state index contributed by atoms with van der Waals surface area (Å²) in [5.41, 5.74) is 1.69. The number of ether oxygens (including phenoxy) is 5. The van der Waals surface area contributed by atoms with E-state index in [-0.39, 0.29) is 18.1 Å². The molecule has 174 valence electrons. The number of benzene rings is 3. The molecule has 0 fully saturated rings. The Morgan fingerprint density at radius 2 is 1.79 bits per heavy atom. The highest BCUT2D eigenvalue weighted by Crippen LogP contribution is 2.38. The Labute approximate surface area is 197 Å². The molecule has 0 radical (unpaired) electrons. The van der Waals surface area contributed by atoms with Gasteiger partial charge >= 0.3 is 5.97 Å². The van der Waals surface area contributed by atoms with Crippen molar-refractivity contribution in [3.05, 3.63) is 89.2 Å². The quantitative estimate of drug-likeness (QED) is 0.346. The van der Waals surface area contributed by atoms with Crippen LogP contribution in [0, 0.1) is 0 Å². The van der Waals surface area contributed by atoms with Crippen molar-refractivity contribution in [1.29, 1.82) is 0 Å². The molecule has 0 aliphatic carbocycles. The summed E-state index contributed by atoms with van der Waals surface area (Å²) in [6.45, 7) is 1.97. The van der Waals surface area contributed by atoms with E-state index in [4.69, 9.17) is 23.7 Å². The number of hydrogen-bond donors (Lipinski definition) is 0. The fraction of sp³-hybridized carbons (Fsp3) is 0.185. The number of esters is 1. The first-order chi connectivity index (χ1) is 16.5. The number of carbonyl (C=O) groups excluding carboxylic acids is 2. The highest BCUT2D eigenvalue weighted by Gasteiger charge is 2.30. The number of hydrogen-bond acceptors (Lipinski definition) is 7. The number of carbonyl (C=O) groups is 2. The second-order valence-electron chi connectivity index (χ2n) is 7.34. The molecule has 7 nitrogen and oxygen atoms in total.